The van der Waals surface area contributed by atoms with Gasteiger partial charge in [0.1, 0.15) is 5.15 Å². The lowest BCUT2D eigenvalue weighted by Gasteiger charge is -2.04. The van der Waals surface area contributed by atoms with Gasteiger partial charge in [0.05, 0.1) is 5.69 Å². The summed E-state index contributed by atoms with van der Waals surface area (Å²) in [5, 5.41) is 1.22. The zero-order valence-electron chi connectivity index (χ0n) is 7.82. The summed E-state index contributed by atoms with van der Waals surface area (Å²) in [7, 11) is 0. The first-order valence-electron chi connectivity index (χ1n) is 4.43. The highest BCUT2D eigenvalue weighted by Crippen LogP contribution is 2.25. The molecule has 2 heterocycles. The Bertz CT molecular complexity index is 459. The predicted molar refractivity (Wildman–Crippen MR) is 65.1 cm³/mol. The van der Waals surface area contributed by atoms with Crippen LogP contribution in [0.4, 0.5) is 0 Å². The average Bonchev–Trinajstić information content (AvgIpc) is 2.30. The molecule has 0 amide bonds. The highest BCUT2D eigenvalue weighted by molar-refractivity contribution is 9.08. The van der Waals surface area contributed by atoms with Crippen LogP contribution in [0.5, 0.6) is 0 Å². The van der Waals surface area contributed by atoms with Gasteiger partial charge < -0.3 is 0 Å². The first-order chi connectivity index (χ1) is 7.31. The fraction of sp³-hybridized carbons (Fsp3) is 0.0909. The molecule has 2 nitrogen and oxygen atoms in total. The van der Waals surface area contributed by atoms with Crippen LogP contribution in [-0.2, 0) is 5.33 Å². The van der Waals surface area contributed by atoms with Gasteiger partial charge in [0.25, 0.3) is 0 Å². The summed E-state index contributed by atoms with van der Waals surface area (Å²) < 4.78 is 0. The van der Waals surface area contributed by atoms with Crippen LogP contribution >= 0.6 is 27.5 Å². The van der Waals surface area contributed by atoms with E-state index in [4.69, 9.17) is 11.6 Å². The molecule has 0 saturated carbocycles. The second-order valence-corrected chi connectivity index (χ2v) is 3.94. The Morgan fingerprint density at radius 2 is 2.13 bits per heavy atom. The van der Waals surface area contributed by atoms with Gasteiger partial charge in [-0.15, -0.1) is 0 Å². The van der Waals surface area contributed by atoms with E-state index < -0.39 is 0 Å². The Balaban J connectivity index is 2.46. The first-order valence-corrected chi connectivity index (χ1v) is 5.93. The molecular formula is C11H8BrClN2. The summed E-state index contributed by atoms with van der Waals surface area (Å²) in [5.41, 5.74) is 2.82. The fourth-order valence-electron chi connectivity index (χ4n) is 1.28. The Labute approximate surface area is 101 Å². The molecule has 0 atom stereocenters. The second kappa shape index (κ2) is 4.73. The van der Waals surface area contributed by atoms with Crippen molar-refractivity contribution in [2.24, 2.45) is 0 Å². The fourth-order valence-corrected chi connectivity index (χ4v) is 1.88. The molecule has 0 N–H and O–H groups in total. The molecule has 4 heteroatoms. The number of rotatable bonds is 2. The van der Waals surface area contributed by atoms with Crippen molar-refractivity contribution in [2.75, 3.05) is 0 Å². The van der Waals surface area contributed by atoms with Gasteiger partial charge in [0.2, 0.25) is 0 Å². The highest BCUT2D eigenvalue weighted by atomic mass is 79.9. The zero-order chi connectivity index (χ0) is 10.7. The van der Waals surface area contributed by atoms with Gasteiger partial charge in [-0.2, -0.15) is 0 Å². The Hall–Kier alpha value is -0.930. The molecule has 0 saturated heterocycles. The van der Waals surface area contributed by atoms with Crippen molar-refractivity contribution in [3.8, 4) is 11.1 Å². The maximum absolute atomic E-state index is 6.08. The lowest BCUT2D eigenvalue weighted by Crippen LogP contribution is -1.88. The number of nitrogens with zero attached hydrogens (tertiary/aromatic N) is 2. The van der Waals surface area contributed by atoms with Gasteiger partial charge in [-0.3, -0.25) is 4.98 Å². The molecule has 0 aliphatic heterocycles. The van der Waals surface area contributed by atoms with Gasteiger partial charge in [-0.05, 0) is 18.2 Å². The molecule has 2 rings (SSSR count). The third-order valence-corrected chi connectivity index (χ3v) is 2.88. The minimum Gasteiger partial charge on any atom is -0.264 e. The first kappa shape index (κ1) is 10.6. The quantitative estimate of drug-likeness (QED) is 0.620. The minimum atomic E-state index is 0.514. The number of halogens is 2. The van der Waals surface area contributed by atoms with Gasteiger partial charge in [-0.25, -0.2) is 4.98 Å². The molecule has 0 bridgehead atoms. The SMILES string of the molecule is Clc1nc(CBr)ccc1-c1cccnc1. The van der Waals surface area contributed by atoms with Gasteiger partial charge >= 0.3 is 0 Å². The van der Waals surface area contributed by atoms with E-state index in [0.717, 1.165) is 16.8 Å². The molecular weight excluding hydrogens is 275 g/mol. The molecule has 2 aromatic heterocycles. The molecule has 15 heavy (non-hydrogen) atoms. The smallest absolute Gasteiger partial charge is 0.137 e. The average molecular weight is 284 g/mol. The number of aromatic nitrogens is 2. The molecule has 0 radical (unpaired) electrons. The van der Waals surface area contributed by atoms with Crippen molar-refractivity contribution in [3.63, 3.8) is 0 Å². The summed E-state index contributed by atoms with van der Waals surface area (Å²) in [5.74, 6) is 0. The number of hydrogen-bond acceptors (Lipinski definition) is 2. The molecule has 2 aromatic rings. The van der Waals surface area contributed by atoms with E-state index in [0.29, 0.717) is 10.5 Å². The molecule has 0 fully saturated rings. The topological polar surface area (TPSA) is 25.8 Å². The van der Waals surface area contributed by atoms with Crippen LogP contribution in [-0.4, -0.2) is 9.97 Å². The predicted octanol–water partition coefficient (Wildman–Crippen LogP) is 3.69. The minimum absolute atomic E-state index is 0.514. The van der Waals surface area contributed by atoms with E-state index in [2.05, 4.69) is 25.9 Å². The number of alkyl halides is 1. The van der Waals surface area contributed by atoms with E-state index in [9.17, 15) is 0 Å². The molecule has 76 valence electrons. The van der Waals surface area contributed by atoms with E-state index in [-0.39, 0.29) is 0 Å². The van der Waals surface area contributed by atoms with Crippen molar-refractivity contribution >= 4 is 27.5 Å². The zero-order valence-corrected chi connectivity index (χ0v) is 10.2. The molecule has 0 spiro atoms. The van der Waals surface area contributed by atoms with Crippen molar-refractivity contribution in [3.05, 3.63) is 47.5 Å². The normalized spacial score (nSPS) is 10.3. The summed E-state index contributed by atoms with van der Waals surface area (Å²) in [6, 6.07) is 7.75. The van der Waals surface area contributed by atoms with E-state index in [1.54, 1.807) is 12.4 Å². The van der Waals surface area contributed by atoms with Crippen molar-refractivity contribution in [2.45, 2.75) is 5.33 Å². The lowest BCUT2D eigenvalue weighted by atomic mass is 10.1. The van der Waals surface area contributed by atoms with E-state index in [1.807, 2.05) is 24.3 Å². The van der Waals surface area contributed by atoms with Crippen molar-refractivity contribution < 1.29 is 0 Å². The van der Waals surface area contributed by atoms with Crippen LogP contribution in [0.3, 0.4) is 0 Å². The highest BCUT2D eigenvalue weighted by Gasteiger charge is 2.05. The summed E-state index contributed by atoms with van der Waals surface area (Å²) >= 11 is 9.42. The summed E-state index contributed by atoms with van der Waals surface area (Å²) in [6.45, 7) is 0. The van der Waals surface area contributed by atoms with Gasteiger partial charge in [-0.1, -0.05) is 33.6 Å². The monoisotopic (exact) mass is 282 g/mol. The molecule has 0 aliphatic rings. The summed E-state index contributed by atoms with van der Waals surface area (Å²) in [6.07, 6.45) is 3.51. The lowest BCUT2D eigenvalue weighted by molar-refractivity contribution is 1.18. The van der Waals surface area contributed by atoms with Crippen LogP contribution in [0.1, 0.15) is 5.69 Å². The maximum atomic E-state index is 6.08. The van der Waals surface area contributed by atoms with E-state index in [1.165, 1.54) is 0 Å². The van der Waals surface area contributed by atoms with Crippen LogP contribution in [0.25, 0.3) is 11.1 Å². The molecule has 0 aliphatic carbocycles. The van der Waals surface area contributed by atoms with Crippen molar-refractivity contribution in [1.29, 1.82) is 0 Å². The summed E-state index contributed by atoms with van der Waals surface area (Å²) in [4.78, 5) is 8.31. The third kappa shape index (κ3) is 2.36. The van der Waals surface area contributed by atoms with Crippen LogP contribution in [0, 0.1) is 0 Å². The van der Waals surface area contributed by atoms with Gasteiger partial charge in [0.15, 0.2) is 0 Å². The second-order valence-electron chi connectivity index (χ2n) is 3.02. The van der Waals surface area contributed by atoms with E-state index >= 15 is 0 Å². The molecule has 0 unspecified atom stereocenters. The standard InChI is InChI=1S/C11H8BrClN2/c12-6-9-3-4-10(11(13)15-9)8-2-1-5-14-7-8/h1-5,7H,6H2. The number of pyridine rings is 2. The molecule has 0 aromatic carbocycles. The van der Waals surface area contributed by atoms with Crippen LogP contribution in [0.2, 0.25) is 5.15 Å². The maximum Gasteiger partial charge on any atom is 0.137 e. The van der Waals surface area contributed by atoms with Crippen LogP contribution in [0.15, 0.2) is 36.7 Å². The Kier molecular flexibility index (Phi) is 3.34. The Morgan fingerprint density at radius 1 is 1.27 bits per heavy atom. The third-order valence-electron chi connectivity index (χ3n) is 2.02. The largest absolute Gasteiger partial charge is 0.264 e. The Morgan fingerprint density at radius 3 is 2.73 bits per heavy atom. The number of hydrogen-bond donors (Lipinski definition) is 0. The van der Waals surface area contributed by atoms with Gasteiger partial charge in [0, 0.05) is 28.9 Å². The van der Waals surface area contributed by atoms with Crippen molar-refractivity contribution in [1.82, 2.24) is 9.97 Å². The van der Waals surface area contributed by atoms with Crippen LogP contribution < -0.4 is 0 Å².